The van der Waals surface area contributed by atoms with Crippen LogP contribution in [0.3, 0.4) is 0 Å². The lowest BCUT2D eigenvalue weighted by Gasteiger charge is -2.18. The minimum absolute atomic E-state index is 0.380. The molecule has 3 unspecified atom stereocenters. The molecule has 0 saturated heterocycles. The van der Waals surface area contributed by atoms with Crippen molar-refractivity contribution in [3.63, 3.8) is 0 Å². The van der Waals surface area contributed by atoms with Crippen LogP contribution in [-0.2, 0) is 0 Å². The first kappa shape index (κ1) is 12.9. The lowest BCUT2D eigenvalue weighted by molar-refractivity contribution is 0.407. The lowest BCUT2D eigenvalue weighted by Crippen LogP contribution is -2.37. The van der Waals surface area contributed by atoms with Crippen molar-refractivity contribution in [1.82, 2.24) is 5.32 Å². The van der Waals surface area contributed by atoms with E-state index in [2.05, 4.69) is 12.2 Å². The largest absolute Gasteiger partial charge is 0.326 e. The summed E-state index contributed by atoms with van der Waals surface area (Å²) >= 11 is 0. The molecule has 3 N–H and O–H groups in total. The Morgan fingerprint density at radius 3 is 2.38 bits per heavy atom. The Hall–Kier alpha value is -0.0800. The molecule has 0 aliphatic heterocycles. The number of nitrogens with two attached hydrogens (primary N) is 1. The molecule has 0 aromatic heterocycles. The van der Waals surface area contributed by atoms with Gasteiger partial charge in [-0.1, -0.05) is 27.2 Å². The van der Waals surface area contributed by atoms with Gasteiger partial charge in [-0.2, -0.15) is 0 Å². The van der Waals surface area contributed by atoms with E-state index in [0.717, 1.165) is 18.4 Å². The Balaban J connectivity index is 0.000000671. The second kappa shape index (κ2) is 7.34. The molecule has 0 radical (unpaired) electrons. The second-order valence-corrected chi connectivity index (χ2v) is 3.90. The number of hydrogen-bond donors (Lipinski definition) is 2. The van der Waals surface area contributed by atoms with Crippen LogP contribution in [0.5, 0.6) is 0 Å². The summed E-state index contributed by atoms with van der Waals surface area (Å²) < 4.78 is 0. The summed E-state index contributed by atoms with van der Waals surface area (Å²) in [6, 6.07) is 0.380. The maximum Gasteiger partial charge on any atom is 0.0193 e. The van der Waals surface area contributed by atoms with E-state index in [1.807, 2.05) is 20.9 Å². The van der Waals surface area contributed by atoms with Gasteiger partial charge in [0.2, 0.25) is 0 Å². The molecule has 1 saturated carbocycles. The molecule has 1 aliphatic carbocycles. The topological polar surface area (TPSA) is 38.0 Å². The summed E-state index contributed by atoms with van der Waals surface area (Å²) in [5, 5.41) is 3.13. The van der Waals surface area contributed by atoms with E-state index in [4.69, 9.17) is 5.73 Å². The molecule has 2 nitrogen and oxygen atoms in total. The van der Waals surface area contributed by atoms with Crippen LogP contribution < -0.4 is 11.1 Å². The van der Waals surface area contributed by atoms with Crippen LogP contribution in [0.4, 0.5) is 0 Å². The van der Waals surface area contributed by atoms with E-state index in [0.29, 0.717) is 6.04 Å². The van der Waals surface area contributed by atoms with E-state index >= 15 is 0 Å². The van der Waals surface area contributed by atoms with E-state index in [1.54, 1.807) is 0 Å². The molecule has 0 aromatic carbocycles. The Morgan fingerprint density at radius 2 is 2.00 bits per heavy atom. The Labute approximate surface area is 83.3 Å². The van der Waals surface area contributed by atoms with Crippen molar-refractivity contribution in [3.05, 3.63) is 0 Å². The number of rotatable bonds is 3. The normalized spacial score (nSPS) is 29.3. The van der Waals surface area contributed by atoms with Gasteiger partial charge in [0, 0.05) is 12.6 Å². The smallest absolute Gasteiger partial charge is 0.0193 e. The Kier molecular flexibility index (Phi) is 7.29. The van der Waals surface area contributed by atoms with Gasteiger partial charge < -0.3 is 11.1 Å². The van der Waals surface area contributed by atoms with Crippen molar-refractivity contribution in [3.8, 4) is 0 Å². The predicted octanol–water partition coefficient (Wildman–Crippen LogP) is 2.00. The Bertz CT molecular complexity index is 115. The first-order valence-corrected chi connectivity index (χ1v) is 5.64. The van der Waals surface area contributed by atoms with E-state index in [-0.39, 0.29) is 0 Å². The zero-order valence-corrected chi connectivity index (χ0v) is 9.64. The summed E-state index contributed by atoms with van der Waals surface area (Å²) in [5.41, 5.74) is 5.99. The van der Waals surface area contributed by atoms with Crippen LogP contribution in [0.1, 0.15) is 40.0 Å². The molecule has 1 aliphatic rings. The molecule has 0 spiro atoms. The van der Waals surface area contributed by atoms with Gasteiger partial charge in [-0.05, 0) is 31.7 Å². The fraction of sp³-hybridized carbons (Fsp3) is 1.00. The van der Waals surface area contributed by atoms with Gasteiger partial charge in [-0.15, -0.1) is 0 Å². The van der Waals surface area contributed by atoms with Crippen molar-refractivity contribution >= 4 is 0 Å². The van der Waals surface area contributed by atoms with Crippen LogP contribution in [0.15, 0.2) is 0 Å². The zero-order valence-electron chi connectivity index (χ0n) is 9.64. The van der Waals surface area contributed by atoms with Crippen LogP contribution in [0, 0.1) is 11.8 Å². The molecule has 0 amide bonds. The fourth-order valence-corrected chi connectivity index (χ4v) is 2.04. The van der Waals surface area contributed by atoms with Gasteiger partial charge in [0.15, 0.2) is 0 Å². The second-order valence-electron chi connectivity index (χ2n) is 3.90. The molecule has 13 heavy (non-hydrogen) atoms. The van der Waals surface area contributed by atoms with Gasteiger partial charge >= 0.3 is 0 Å². The third-order valence-electron chi connectivity index (χ3n) is 2.78. The maximum absolute atomic E-state index is 5.99. The molecule has 1 fully saturated rings. The summed E-state index contributed by atoms with van der Waals surface area (Å²) in [7, 11) is 1.97. The van der Waals surface area contributed by atoms with Gasteiger partial charge in [-0.3, -0.25) is 0 Å². The third-order valence-corrected chi connectivity index (χ3v) is 2.78. The standard InChI is InChI=1S/C9H20N2.C2H6/c1-7-3-4-8(5-7)9(10)6-11-2;1-2/h7-9,11H,3-6,10H2,1-2H3;1-2H3. The molecule has 3 atom stereocenters. The van der Waals surface area contributed by atoms with Crippen molar-refractivity contribution < 1.29 is 0 Å². The lowest BCUT2D eigenvalue weighted by atomic mass is 9.98. The molecular weight excluding hydrogens is 160 g/mol. The van der Waals surface area contributed by atoms with Gasteiger partial charge in [0.1, 0.15) is 0 Å². The molecule has 0 heterocycles. The minimum atomic E-state index is 0.380. The fourth-order valence-electron chi connectivity index (χ4n) is 2.04. The van der Waals surface area contributed by atoms with Crippen molar-refractivity contribution in [2.45, 2.75) is 46.1 Å². The number of likely N-dealkylation sites (N-methyl/N-ethyl adjacent to an activating group) is 1. The van der Waals surface area contributed by atoms with E-state index in [9.17, 15) is 0 Å². The molecule has 0 aromatic rings. The zero-order chi connectivity index (χ0) is 10.3. The van der Waals surface area contributed by atoms with Crippen molar-refractivity contribution in [2.24, 2.45) is 17.6 Å². The Morgan fingerprint density at radius 1 is 1.38 bits per heavy atom. The minimum Gasteiger partial charge on any atom is -0.326 e. The summed E-state index contributed by atoms with van der Waals surface area (Å²) in [5.74, 6) is 1.68. The van der Waals surface area contributed by atoms with E-state index in [1.165, 1.54) is 19.3 Å². The third kappa shape index (κ3) is 4.63. The monoisotopic (exact) mass is 186 g/mol. The molecule has 1 rings (SSSR count). The highest BCUT2D eigenvalue weighted by Gasteiger charge is 2.25. The van der Waals surface area contributed by atoms with Crippen LogP contribution in [0.25, 0.3) is 0 Å². The predicted molar refractivity (Wildman–Crippen MR) is 59.8 cm³/mol. The summed E-state index contributed by atoms with van der Waals surface area (Å²) in [6.45, 7) is 7.30. The molecule has 0 bridgehead atoms. The number of nitrogens with one attached hydrogen (secondary N) is 1. The average molecular weight is 186 g/mol. The quantitative estimate of drug-likeness (QED) is 0.707. The van der Waals surface area contributed by atoms with Gasteiger partial charge in [0.25, 0.3) is 0 Å². The van der Waals surface area contributed by atoms with Crippen LogP contribution in [0.2, 0.25) is 0 Å². The summed E-state index contributed by atoms with van der Waals surface area (Å²) in [4.78, 5) is 0. The van der Waals surface area contributed by atoms with Crippen molar-refractivity contribution in [1.29, 1.82) is 0 Å². The van der Waals surface area contributed by atoms with Crippen LogP contribution >= 0.6 is 0 Å². The highest BCUT2D eigenvalue weighted by molar-refractivity contribution is 4.81. The maximum atomic E-state index is 5.99. The molecule has 80 valence electrons. The molecule has 2 heteroatoms. The van der Waals surface area contributed by atoms with E-state index < -0.39 is 0 Å². The summed E-state index contributed by atoms with van der Waals surface area (Å²) in [6.07, 6.45) is 4.05. The highest BCUT2D eigenvalue weighted by Crippen LogP contribution is 2.31. The first-order valence-electron chi connectivity index (χ1n) is 5.64. The number of hydrogen-bond acceptors (Lipinski definition) is 2. The van der Waals surface area contributed by atoms with Gasteiger partial charge in [0.05, 0.1) is 0 Å². The average Bonchev–Trinajstić information content (AvgIpc) is 2.56. The first-order chi connectivity index (χ1) is 6.24. The van der Waals surface area contributed by atoms with Crippen LogP contribution in [-0.4, -0.2) is 19.6 Å². The SMILES string of the molecule is CC.CNCC(N)C1CCC(C)C1. The highest BCUT2D eigenvalue weighted by atomic mass is 14.9. The van der Waals surface area contributed by atoms with Crippen molar-refractivity contribution in [2.75, 3.05) is 13.6 Å². The van der Waals surface area contributed by atoms with Gasteiger partial charge in [-0.25, -0.2) is 0 Å². The molecular formula is C11H26N2.